The number of allylic oxidation sites excluding steroid dienone is 5. The first-order chi connectivity index (χ1) is 33.0. The van der Waals surface area contributed by atoms with Crippen LogP contribution in [0.4, 0.5) is 0 Å². The minimum absolute atomic E-state index is 0.102. The summed E-state index contributed by atoms with van der Waals surface area (Å²) in [4.78, 5) is 11.4. The molecular weight excluding hydrogens is 815 g/mol. The fourth-order valence-corrected chi connectivity index (χ4v) is 11.4. The zero-order chi connectivity index (χ0) is 44.6. The van der Waals surface area contributed by atoms with E-state index < -0.39 is 0 Å². The Hall–Kier alpha value is -7.82. The number of aryl methyl sites for hydroxylation is 1. The molecule has 13 rings (SSSR count). The summed E-state index contributed by atoms with van der Waals surface area (Å²) >= 11 is 0. The highest BCUT2D eigenvalue weighted by molar-refractivity contribution is 6.18. The number of para-hydroxylation sites is 3. The third-order valence-electron chi connectivity index (χ3n) is 14.7. The van der Waals surface area contributed by atoms with E-state index in [4.69, 9.17) is 14.4 Å². The van der Waals surface area contributed by atoms with Gasteiger partial charge in [-0.15, -0.1) is 0 Å². The van der Waals surface area contributed by atoms with Crippen LogP contribution >= 0.6 is 0 Å². The van der Waals surface area contributed by atoms with Gasteiger partial charge in [0.15, 0.2) is 5.84 Å². The van der Waals surface area contributed by atoms with Crippen LogP contribution in [0.5, 0.6) is 0 Å². The van der Waals surface area contributed by atoms with E-state index in [0.717, 1.165) is 87.2 Å². The quantitative estimate of drug-likeness (QED) is 0.170. The average Bonchev–Trinajstić information content (AvgIpc) is 3.85. The van der Waals surface area contributed by atoms with Gasteiger partial charge < -0.3 is 8.98 Å². The van der Waals surface area contributed by atoms with Crippen molar-refractivity contribution in [1.29, 1.82) is 0 Å². The molecule has 0 bridgehead atoms. The predicted octanol–water partition coefficient (Wildman–Crippen LogP) is 16.2. The smallest absolute Gasteiger partial charge is 0.160 e. The van der Waals surface area contributed by atoms with Crippen LogP contribution in [0.15, 0.2) is 214 Å². The van der Waals surface area contributed by atoms with Crippen molar-refractivity contribution in [2.45, 2.75) is 45.4 Å². The molecule has 3 unspecified atom stereocenters. The largest absolute Gasteiger partial charge is 0.456 e. The standard InChI is InChI=1S/C63H49N3O/c1-39-25-29-47-48(30-27-44-34-42-17-9-10-18-43(42)35-51(44)52(47)33-39)53-38-61-56(50-22-12-14-24-60(50)67-61)37-54(53)57-31-26-40(2)62(65-63(64-57)41-15-5-3-6-16-41)45-28-32-59-55(36-45)49-21-11-13-23-58(49)66(59)46-19-7-4-8-20-46/h3-25,28-29,31-32,34-40,48H,26-27,30,33H2,1-2H3. The van der Waals surface area contributed by atoms with Crippen LogP contribution < -0.4 is 0 Å². The Morgan fingerprint density at radius 1 is 0.582 bits per heavy atom. The number of fused-ring (bicyclic) bond motifs is 9. The van der Waals surface area contributed by atoms with Crippen LogP contribution in [0.1, 0.15) is 72.4 Å². The Morgan fingerprint density at radius 2 is 1.31 bits per heavy atom. The van der Waals surface area contributed by atoms with E-state index in [-0.39, 0.29) is 11.8 Å². The van der Waals surface area contributed by atoms with Crippen LogP contribution in [-0.2, 0) is 6.42 Å². The first-order valence-corrected chi connectivity index (χ1v) is 23.9. The second kappa shape index (κ2) is 16.0. The van der Waals surface area contributed by atoms with E-state index in [0.29, 0.717) is 5.92 Å². The minimum Gasteiger partial charge on any atom is -0.456 e. The number of aliphatic imine (C=N–C) groups is 2. The molecular formula is C63H49N3O. The maximum absolute atomic E-state index is 6.71. The van der Waals surface area contributed by atoms with Gasteiger partial charge in [0.2, 0.25) is 0 Å². The van der Waals surface area contributed by atoms with Gasteiger partial charge >= 0.3 is 0 Å². The highest BCUT2D eigenvalue weighted by atomic mass is 16.3. The molecule has 4 heteroatoms. The van der Waals surface area contributed by atoms with E-state index in [1.807, 2.05) is 0 Å². The summed E-state index contributed by atoms with van der Waals surface area (Å²) in [5.74, 6) is 1.40. The fraction of sp³-hybridized carbons (Fsp3) is 0.143. The number of amidine groups is 1. The molecule has 8 aromatic carbocycles. The molecule has 0 saturated heterocycles. The maximum Gasteiger partial charge on any atom is 0.160 e. The Balaban J connectivity index is 1.00. The molecule has 0 saturated carbocycles. The molecule has 0 amide bonds. The van der Waals surface area contributed by atoms with E-state index in [1.54, 1.807) is 0 Å². The molecule has 2 aliphatic carbocycles. The Bertz CT molecular complexity index is 3780. The molecule has 0 spiro atoms. The van der Waals surface area contributed by atoms with Crippen LogP contribution in [0.25, 0.3) is 71.5 Å². The minimum atomic E-state index is 0.102. The summed E-state index contributed by atoms with van der Waals surface area (Å²) in [7, 11) is 0. The number of furan rings is 1. The molecule has 2 aromatic heterocycles. The second-order valence-electron chi connectivity index (χ2n) is 18.9. The third kappa shape index (κ3) is 6.73. The van der Waals surface area contributed by atoms with Crippen molar-refractivity contribution in [1.82, 2.24) is 4.57 Å². The molecule has 67 heavy (non-hydrogen) atoms. The van der Waals surface area contributed by atoms with Gasteiger partial charge in [-0.2, -0.15) is 0 Å². The van der Waals surface area contributed by atoms with Crippen LogP contribution in [0.2, 0.25) is 0 Å². The summed E-state index contributed by atoms with van der Waals surface area (Å²) in [5.41, 5.74) is 17.6. The number of nitrogens with zero attached hydrogens (tertiary/aromatic N) is 3. The van der Waals surface area contributed by atoms with Gasteiger partial charge in [-0.05, 0) is 130 Å². The summed E-state index contributed by atoms with van der Waals surface area (Å²) in [6.45, 7) is 4.67. The van der Waals surface area contributed by atoms with Gasteiger partial charge in [0.1, 0.15) is 11.2 Å². The Morgan fingerprint density at radius 3 is 2.16 bits per heavy atom. The number of aromatic nitrogens is 1. The van der Waals surface area contributed by atoms with Gasteiger partial charge in [0.05, 0.1) is 22.4 Å². The molecule has 0 N–H and O–H groups in total. The highest BCUT2D eigenvalue weighted by Gasteiger charge is 2.31. The lowest BCUT2D eigenvalue weighted by atomic mass is 9.77. The molecule has 3 heterocycles. The normalized spacial score (nSPS) is 18.7. The zero-order valence-corrected chi connectivity index (χ0v) is 37.8. The van der Waals surface area contributed by atoms with Crippen molar-refractivity contribution in [3.05, 3.63) is 233 Å². The van der Waals surface area contributed by atoms with Crippen LogP contribution in [-0.4, -0.2) is 16.1 Å². The lowest BCUT2D eigenvalue weighted by Gasteiger charge is -2.27. The zero-order valence-electron chi connectivity index (χ0n) is 37.8. The first kappa shape index (κ1) is 39.5. The Kier molecular flexibility index (Phi) is 9.42. The fourth-order valence-electron chi connectivity index (χ4n) is 11.4. The predicted molar refractivity (Wildman–Crippen MR) is 281 cm³/mol. The molecule has 3 aliphatic rings. The van der Waals surface area contributed by atoms with E-state index in [1.165, 1.54) is 60.4 Å². The van der Waals surface area contributed by atoms with Crippen molar-refractivity contribution < 1.29 is 4.42 Å². The Labute approximate surface area is 390 Å². The number of hydrogen-bond donors (Lipinski definition) is 0. The lowest BCUT2D eigenvalue weighted by molar-refractivity contribution is 0.663. The monoisotopic (exact) mass is 863 g/mol. The van der Waals surface area contributed by atoms with Crippen molar-refractivity contribution in [2.24, 2.45) is 21.8 Å². The molecule has 322 valence electrons. The molecule has 10 aromatic rings. The maximum atomic E-state index is 6.71. The summed E-state index contributed by atoms with van der Waals surface area (Å²) < 4.78 is 9.09. The van der Waals surface area contributed by atoms with Gasteiger partial charge in [-0.25, -0.2) is 9.98 Å². The average molecular weight is 864 g/mol. The third-order valence-corrected chi connectivity index (χ3v) is 14.7. The van der Waals surface area contributed by atoms with Crippen molar-refractivity contribution in [3.8, 4) is 5.69 Å². The van der Waals surface area contributed by atoms with E-state index in [2.05, 4.69) is 213 Å². The van der Waals surface area contributed by atoms with Crippen LogP contribution in [0.3, 0.4) is 0 Å². The molecule has 4 nitrogen and oxygen atoms in total. The van der Waals surface area contributed by atoms with Gasteiger partial charge in [0, 0.05) is 50.2 Å². The number of benzene rings is 8. The second-order valence-corrected chi connectivity index (χ2v) is 18.9. The van der Waals surface area contributed by atoms with E-state index in [9.17, 15) is 0 Å². The summed E-state index contributed by atoms with van der Waals surface area (Å²) in [6.07, 6.45) is 11.0. The van der Waals surface area contributed by atoms with Gasteiger partial charge in [-0.1, -0.05) is 153 Å². The topological polar surface area (TPSA) is 42.8 Å². The van der Waals surface area contributed by atoms with Crippen molar-refractivity contribution >= 4 is 77.3 Å². The van der Waals surface area contributed by atoms with Crippen LogP contribution in [0, 0.1) is 11.8 Å². The van der Waals surface area contributed by atoms with Crippen molar-refractivity contribution in [3.63, 3.8) is 0 Å². The van der Waals surface area contributed by atoms with Crippen molar-refractivity contribution in [2.75, 3.05) is 0 Å². The SMILES string of the molecule is CC1C=CC2=C(C1)c1cc3ccccc3cc1CCC2c1cc2oc3ccccc3c2cc1C1=CCC(C)C(c2ccc3c(c2)c2ccccc2n3-c2ccccc2)=NC(c2ccccc2)=N1. The first-order valence-electron chi connectivity index (χ1n) is 23.9. The number of hydrogen-bond acceptors (Lipinski definition) is 3. The molecule has 0 fully saturated rings. The highest BCUT2D eigenvalue weighted by Crippen LogP contribution is 2.49. The molecule has 3 atom stereocenters. The number of rotatable bonds is 5. The van der Waals surface area contributed by atoms with Gasteiger partial charge in [-0.3, -0.25) is 0 Å². The van der Waals surface area contributed by atoms with Gasteiger partial charge in [0.25, 0.3) is 0 Å². The summed E-state index contributed by atoms with van der Waals surface area (Å²) in [5, 5.41) is 7.28. The summed E-state index contributed by atoms with van der Waals surface area (Å²) in [6, 6.07) is 63.8. The lowest BCUT2D eigenvalue weighted by Crippen LogP contribution is -2.17. The molecule has 1 aliphatic heterocycles. The van der Waals surface area contributed by atoms with E-state index >= 15 is 0 Å². The molecule has 0 radical (unpaired) electrons.